The molecule has 0 atom stereocenters. The number of carbonyl (C=O) groups is 1. The van der Waals surface area contributed by atoms with Crippen LogP contribution in [-0.2, 0) is 6.54 Å². The molecule has 1 heterocycles. The molecule has 106 valence electrons. The highest BCUT2D eigenvalue weighted by molar-refractivity contribution is 5.95. The fraction of sp³-hybridized carbons (Fsp3) is 0.286. The predicted molar refractivity (Wildman–Crippen MR) is 79.6 cm³/mol. The fourth-order valence-corrected chi connectivity index (χ4v) is 1.91. The van der Waals surface area contributed by atoms with Gasteiger partial charge in [0.05, 0.1) is 17.7 Å². The molecule has 0 radical (unpaired) electrons. The van der Waals surface area contributed by atoms with Crippen LogP contribution < -0.4 is 16.4 Å². The number of rotatable bonds is 6. The Morgan fingerprint density at radius 3 is 2.95 bits per heavy atom. The van der Waals surface area contributed by atoms with Crippen LogP contribution in [0.1, 0.15) is 16.8 Å². The predicted octanol–water partition coefficient (Wildman–Crippen LogP) is 1.33. The molecule has 0 aliphatic carbocycles. The molecule has 0 bridgehead atoms. The molecule has 0 aliphatic heterocycles. The fourth-order valence-electron chi connectivity index (χ4n) is 1.91. The second-order valence-electron chi connectivity index (χ2n) is 4.46. The first-order chi connectivity index (χ1) is 9.70. The van der Waals surface area contributed by atoms with E-state index in [4.69, 9.17) is 5.73 Å². The molecule has 0 unspecified atom stereocenters. The normalized spacial score (nSPS) is 10.2. The molecule has 0 spiro atoms. The molecule has 0 saturated carbocycles. The highest BCUT2D eigenvalue weighted by Gasteiger charge is 2.05. The number of aryl methyl sites for hydroxylation is 1. The van der Waals surface area contributed by atoms with Crippen molar-refractivity contribution in [1.29, 1.82) is 0 Å². The van der Waals surface area contributed by atoms with Crippen molar-refractivity contribution in [3.63, 3.8) is 0 Å². The third-order valence-corrected chi connectivity index (χ3v) is 3.01. The summed E-state index contributed by atoms with van der Waals surface area (Å²) in [5.74, 6) is -0.136. The summed E-state index contributed by atoms with van der Waals surface area (Å²) in [6, 6.07) is 5.27. The summed E-state index contributed by atoms with van der Waals surface area (Å²) < 4.78 is 2.03. The van der Waals surface area contributed by atoms with Crippen LogP contribution in [0.3, 0.4) is 0 Å². The van der Waals surface area contributed by atoms with Gasteiger partial charge in [0.1, 0.15) is 0 Å². The van der Waals surface area contributed by atoms with E-state index in [1.807, 2.05) is 16.8 Å². The van der Waals surface area contributed by atoms with Gasteiger partial charge in [0, 0.05) is 38.1 Å². The number of hydrogen-bond donors (Lipinski definition) is 3. The number of hydrogen-bond acceptors (Lipinski definition) is 4. The van der Waals surface area contributed by atoms with Gasteiger partial charge < -0.3 is 20.9 Å². The smallest absolute Gasteiger partial charge is 0.251 e. The van der Waals surface area contributed by atoms with Gasteiger partial charge in [-0.2, -0.15) is 0 Å². The van der Waals surface area contributed by atoms with Crippen LogP contribution >= 0.6 is 0 Å². The summed E-state index contributed by atoms with van der Waals surface area (Å²) in [6.07, 6.45) is 6.47. The Morgan fingerprint density at radius 2 is 2.30 bits per heavy atom. The average molecular weight is 273 g/mol. The zero-order valence-corrected chi connectivity index (χ0v) is 11.5. The van der Waals surface area contributed by atoms with Gasteiger partial charge in [0.25, 0.3) is 5.91 Å². The van der Waals surface area contributed by atoms with E-state index < -0.39 is 0 Å². The molecule has 4 N–H and O–H groups in total. The van der Waals surface area contributed by atoms with Crippen molar-refractivity contribution in [3.8, 4) is 0 Å². The van der Waals surface area contributed by atoms with Crippen molar-refractivity contribution in [2.75, 3.05) is 24.6 Å². The minimum atomic E-state index is -0.136. The van der Waals surface area contributed by atoms with Gasteiger partial charge in [-0.05, 0) is 24.6 Å². The third-order valence-electron chi connectivity index (χ3n) is 3.01. The molecule has 0 saturated heterocycles. The van der Waals surface area contributed by atoms with Crippen molar-refractivity contribution in [1.82, 2.24) is 14.9 Å². The Balaban J connectivity index is 1.85. The molecule has 1 aromatic heterocycles. The summed E-state index contributed by atoms with van der Waals surface area (Å²) in [7, 11) is 1.60. The van der Waals surface area contributed by atoms with Crippen molar-refractivity contribution >= 4 is 17.3 Å². The third kappa shape index (κ3) is 3.50. The van der Waals surface area contributed by atoms with E-state index in [0.29, 0.717) is 11.3 Å². The van der Waals surface area contributed by atoms with Gasteiger partial charge in [0.15, 0.2) is 0 Å². The number of imidazole rings is 1. The summed E-state index contributed by atoms with van der Waals surface area (Å²) in [5.41, 5.74) is 7.92. The maximum atomic E-state index is 11.5. The van der Waals surface area contributed by atoms with Crippen molar-refractivity contribution in [2.24, 2.45) is 0 Å². The standard InChI is InChI=1S/C14H19N5O/c1-16-14(20)11-3-4-13(12(15)9-11)18-5-2-7-19-8-6-17-10-19/h3-4,6,8-10,18H,2,5,7,15H2,1H3,(H,16,20). The number of amides is 1. The first-order valence-electron chi connectivity index (χ1n) is 6.52. The topological polar surface area (TPSA) is 85.0 Å². The van der Waals surface area contributed by atoms with Crippen LogP contribution in [-0.4, -0.2) is 29.1 Å². The van der Waals surface area contributed by atoms with Gasteiger partial charge in [-0.3, -0.25) is 4.79 Å². The SMILES string of the molecule is CNC(=O)c1ccc(NCCCn2ccnc2)c(N)c1. The van der Waals surface area contributed by atoms with Crippen LogP contribution in [0.15, 0.2) is 36.9 Å². The number of carbonyl (C=O) groups excluding carboxylic acids is 1. The largest absolute Gasteiger partial charge is 0.397 e. The van der Waals surface area contributed by atoms with E-state index >= 15 is 0 Å². The van der Waals surface area contributed by atoms with Crippen LogP contribution in [0.5, 0.6) is 0 Å². The molecule has 0 aliphatic rings. The Morgan fingerprint density at radius 1 is 1.45 bits per heavy atom. The Hall–Kier alpha value is -2.50. The average Bonchev–Trinajstić information content (AvgIpc) is 2.97. The first kappa shape index (κ1) is 13.9. The molecular weight excluding hydrogens is 254 g/mol. The molecule has 6 nitrogen and oxygen atoms in total. The van der Waals surface area contributed by atoms with Gasteiger partial charge >= 0.3 is 0 Å². The van der Waals surface area contributed by atoms with E-state index in [1.165, 1.54) is 0 Å². The number of anilines is 2. The summed E-state index contributed by atoms with van der Waals surface area (Å²) in [4.78, 5) is 15.5. The lowest BCUT2D eigenvalue weighted by atomic mass is 10.1. The van der Waals surface area contributed by atoms with Crippen LogP contribution in [0, 0.1) is 0 Å². The Kier molecular flexibility index (Phi) is 4.60. The number of aromatic nitrogens is 2. The molecule has 2 aromatic rings. The Bertz CT molecular complexity index is 565. The molecule has 0 fully saturated rings. The number of nitrogens with one attached hydrogen (secondary N) is 2. The van der Waals surface area contributed by atoms with Crippen molar-refractivity contribution in [2.45, 2.75) is 13.0 Å². The monoisotopic (exact) mass is 273 g/mol. The lowest BCUT2D eigenvalue weighted by Crippen LogP contribution is -2.18. The number of nitrogens with two attached hydrogens (primary N) is 1. The highest BCUT2D eigenvalue weighted by atomic mass is 16.1. The van der Waals surface area contributed by atoms with E-state index in [1.54, 1.807) is 31.7 Å². The summed E-state index contributed by atoms with van der Waals surface area (Å²) in [5, 5.41) is 5.84. The maximum Gasteiger partial charge on any atom is 0.251 e. The van der Waals surface area contributed by atoms with Crippen molar-refractivity contribution < 1.29 is 4.79 Å². The number of benzene rings is 1. The maximum absolute atomic E-state index is 11.5. The van der Waals surface area contributed by atoms with Crippen LogP contribution in [0.25, 0.3) is 0 Å². The molecule has 1 aromatic carbocycles. The van der Waals surface area contributed by atoms with Gasteiger partial charge in [0.2, 0.25) is 0 Å². The molecule has 2 rings (SSSR count). The highest BCUT2D eigenvalue weighted by Crippen LogP contribution is 2.19. The summed E-state index contributed by atoms with van der Waals surface area (Å²) in [6.45, 7) is 1.71. The van der Waals surface area contributed by atoms with Gasteiger partial charge in [-0.25, -0.2) is 4.98 Å². The molecular formula is C14H19N5O. The quantitative estimate of drug-likeness (QED) is 0.547. The second kappa shape index (κ2) is 6.60. The van der Waals surface area contributed by atoms with Crippen LogP contribution in [0.2, 0.25) is 0 Å². The van der Waals surface area contributed by atoms with E-state index in [0.717, 1.165) is 25.2 Å². The lowest BCUT2D eigenvalue weighted by Gasteiger charge is -2.10. The van der Waals surface area contributed by atoms with Gasteiger partial charge in [-0.1, -0.05) is 0 Å². The number of nitrogens with zero attached hydrogens (tertiary/aromatic N) is 2. The second-order valence-corrected chi connectivity index (χ2v) is 4.46. The minimum absolute atomic E-state index is 0.136. The first-order valence-corrected chi connectivity index (χ1v) is 6.52. The molecule has 20 heavy (non-hydrogen) atoms. The zero-order chi connectivity index (χ0) is 14.4. The van der Waals surface area contributed by atoms with Crippen LogP contribution in [0.4, 0.5) is 11.4 Å². The van der Waals surface area contributed by atoms with Crippen molar-refractivity contribution in [3.05, 3.63) is 42.5 Å². The Labute approximate surface area is 118 Å². The van der Waals surface area contributed by atoms with E-state index in [9.17, 15) is 4.79 Å². The number of nitrogen functional groups attached to an aromatic ring is 1. The van der Waals surface area contributed by atoms with E-state index in [-0.39, 0.29) is 5.91 Å². The minimum Gasteiger partial charge on any atom is -0.397 e. The molecule has 1 amide bonds. The van der Waals surface area contributed by atoms with E-state index in [2.05, 4.69) is 15.6 Å². The molecule has 6 heteroatoms. The van der Waals surface area contributed by atoms with Gasteiger partial charge in [-0.15, -0.1) is 0 Å². The summed E-state index contributed by atoms with van der Waals surface area (Å²) >= 11 is 0. The lowest BCUT2D eigenvalue weighted by molar-refractivity contribution is 0.0963. The zero-order valence-electron chi connectivity index (χ0n) is 11.5.